The summed E-state index contributed by atoms with van der Waals surface area (Å²) in [6.45, 7) is 1.45. The molecule has 0 fully saturated rings. The van der Waals surface area contributed by atoms with E-state index in [2.05, 4.69) is 0 Å². The molecule has 0 aromatic rings. The number of carbonyl (C=O) groups excluding carboxylic acids is 2. The van der Waals surface area contributed by atoms with Crippen LogP contribution in [-0.2, 0) is 9.59 Å². The summed E-state index contributed by atoms with van der Waals surface area (Å²) in [4.78, 5) is 22.1. The first-order valence-corrected chi connectivity index (χ1v) is 4.80. The maximum atomic E-state index is 12.0. The van der Waals surface area contributed by atoms with Crippen molar-refractivity contribution in [1.29, 1.82) is 0 Å². The number of carbonyl (C=O) groups is 2. The fourth-order valence-corrected chi connectivity index (χ4v) is 1.10. The van der Waals surface area contributed by atoms with Gasteiger partial charge in [0.15, 0.2) is 0 Å². The van der Waals surface area contributed by atoms with Crippen molar-refractivity contribution >= 4 is 32.3 Å². The molecule has 0 unspecified atom stereocenters. The van der Waals surface area contributed by atoms with Gasteiger partial charge in [0.05, 0.1) is 0 Å². The third-order valence-electron chi connectivity index (χ3n) is 1.40. The van der Waals surface area contributed by atoms with Crippen LogP contribution < -0.4 is 0 Å². The Morgan fingerprint density at radius 1 is 1.36 bits per heavy atom. The van der Waals surface area contributed by atoms with Crippen LogP contribution in [0.15, 0.2) is 0 Å². The van der Waals surface area contributed by atoms with Crippen LogP contribution in [0.5, 0.6) is 0 Å². The van der Waals surface area contributed by atoms with E-state index in [0.29, 0.717) is 4.90 Å². The minimum absolute atomic E-state index is 0.495. The average molecular weight is 323 g/mol. The van der Waals surface area contributed by atoms with Crippen LogP contribution in [0.25, 0.3) is 0 Å². The molecule has 0 N–H and O–H groups in total. The van der Waals surface area contributed by atoms with Crippen LogP contribution in [0.1, 0.15) is 13.8 Å². The molecule has 14 heavy (non-hydrogen) atoms. The summed E-state index contributed by atoms with van der Waals surface area (Å²) in [5, 5.41) is 0. The third-order valence-corrected chi connectivity index (χ3v) is 1.86. The Morgan fingerprint density at radius 2 is 1.79 bits per heavy atom. The number of hydrogen-bond acceptors (Lipinski definition) is 2. The number of rotatable bonds is 3. The van der Waals surface area contributed by atoms with E-state index < -0.39 is 28.5 Å². The quantitative estimate of drug-likeness (QED) is 0.451. The van der Waals surface area contributed by atoms with Gasteiger partial charge in [0.1, 0.15) is 6.54 Å². The molecule has 0 saturated heterocycles. The zero-order valence-corrected chi connectivity index (χ0v) is 9.72. The van der Waals surface area contributed by atoms with Gasteiger partial charge >= 0.3 is 12.1 Å². The molecular formula is C7H9F3INO2. The highest BCUT2D eigenvalue weighted by Gasteiger charge is 2.35. The average Bonchev–Trinajstić information content (AvgIpc) is 1.96. The summed E-state index contributed by atoms with van der Waals surface area (Å²) in [6, 6.07) is -0.650. The second kappa shape index (κ2) is 4.94. The zero-order chi connectivity index (χ0) is 11.5. The van der Waals surface area contributed by atoms with Crippen molar-refractivity contribution in [2.24, 2.45) is 0 Å². The van der Waals surface area contributed by atoms with E-state index in [-0.39, 0.29) is 0 Å². The Labute approximate surface area is 92.8 Å². The van der Waals surface area contributed by atoms with Gasteiger partial charge in [-0.25, -0.2) is 0 Å². The highest BCUT2D eigenvalue weighted by atomic mass is 127. The van der Waals surface area contributed by atoms with Crippen LogP contribution in [0.3, 0.4) is 0 Å². The van der Waals surface area contributed by atoms with Crippen LogP contribution in [0.2, 0.25) is 0 Å². The third kappa shape index (κ3) is 4.77. The first kappa shape index (κ1) is 13.7. The van der Waals surface area contributed by atoms with Gasteiger partial charge in [0.2, 0.25) is 0 Å². The highest BCUT2D eigenvalue weighted by molar-refractivity contribution is 14.1. The second-order valence-corrected chi connectivity index (χ2v) is 3.90. The molecule has 0 aromatic carbocycles. The summed E-state index contributed by atoms with van der Waals surface area (Å²) < 4.78 is 35.0. The van der Waals surface area contributed by atoms with Crippen molar-refractivity contribution in [3.05, 3.63) is 0 Å². The van der Waals surface area contributed by atoms with E-state index in [9.17, 15) is 22.8 Å². The predicted octanol–water partition coefficient (Wildman–Crippen LogP) is 1.75. The summed E-state index contributed by atoms with van der Waals surface area (Å²) in [5.74, 6) is -1.11. The number of alkyl halides is 3. The fraction of sp³-hybridized carbons (Fsp3) is 0.714. The molecule has 0 heterocycles. The summed E-state index contributed by atoms with van der Waals surface area (Å²) in [6.07, 6.45) is -4.48. The monoisotopic (exact) mass is 323 g/mol. The molecule has 0 radical (unpaired) electrons. The van der Waals surface area contributed by atoms with Gasteiger partial charge in [-0.1, -0.05) is 0 Å². The molecule has 7 heteroatoms. The van der Waals surface area contributed by atoms with E-state index in [4.69, 9.17) is 0 Å². The van der Waals surface area contributed by atoms with Gasteiger partial charge in [0, 0.05) is 28.6 Å². The predicted molar refractivity (Wildman–Crippen MR) is 51.9 cm³/mol. The van der Waals surface area contributed by atoms with Crippen LogP contribution in [0.4, 0.5) is 13.2 Å². The largest absolute Gasteiger partial charge is 0.406 e. The number of halogens is 4. The number of hydrogen-bond donors (Lipinski definition) is 0. The lowest BCUT2D eigenvalue weighted by atomic mass is 10.3. The molecule has 0 rings (SSSR count). The smallest absolute Gasteiger partial charge is 0.324 e. The number of amides is 1. The van der Waals surface area contributed by atoms with Gasteiger partial charge in [-0.3, -0.25) is 9.59 Å². The van der Waals surface area contributed by atoms with E-state index in [0.717, 1.165) is 0 Å². The van der Waals surface area contributed by atoms with Crippen LogP contribution in [-0.4, -0.2) is 33.4 Å². The van der Waals surface area contributed by atoms with Crippen LogP contribution >= 0.6 is 22.6 Å². The minimum Gasteiger partial charge on any atom is -0.324 e. The Kier molecular flexibility index (Phi) is 4.82. The molecule has 0 spiro atoms. The van der Waals surface area contributed by atoms with Gasteiger partial charge in [-0.15, -0.1) is 0 Å². The van der Waals surface area contributed by atoms with Crippen molar-refractivity contribution in [1.82, 2.24) is 4.90 Å². The summed E-state index contributed by atoms with van der Waals surface area (Å²) in [7, 11) is 0. The van der Waals surface area contributed by atoms with Crippen molar-refractivity contribution in [2.75, 3.05) is 6.54 Å². The fourth-order valence-electron chi connectivity index (χ4n) is 0.795. The topological polar surface area (TPSA) is 37.4 Å². The van der Waals surface area contributed by atoms with Crippen molar-refractivity contribution < 1.29 is 22.8 Å². The Hall–Kier alpha value is -0.340. The lowest BCUT2D eigenvalue weighted by Gasteiger charge is -2.26. The van der Waals surface area contributed by atoms with Gasteiger partial charge in [-0.05, 0) is 13.8 Å². The van der Waals surface area contributed by atoms with Gasteiger partial charge in [-0.2, -0.15) is 13.2 Å². The van der Waals surface area contributed by atoms with E-state index >= 15 is 0 Å². The molecule has 0 saturated carbocycles. The van der Waals surface area contributed by atoms with Crippen LogP contribution in [0, 0.1) is 0 Å². The molecule has 0 aliphatic heterocycles. The Bertz CT molecular complexity index is 240. The van der Waals surface area contributed by atoms with E-state index in [1.165, 1.54) is 36.4 Å². The molecule has 1 amide bonds. The zero-order valence-electron chi connectivity index (χ0n) is 7.56. The molecule has 82 valence electrons. The first-order valence-electron chi connectivity index (χ1n) is 3.72. The van der Waals surface area contributed by atoms with Crippen molar-refractivity contribution in [2.45, 2.75) is 26.1 Å². The van der Waals surface area contributed by atoms with Gasteiger partial charge in [0.25, 0.3) is 3.79 Å². The summed E-state index contributed by atoms with van der Waals surface area (Å²) >= 11 is 1.17. The lowest BCUT2D eigenvalue weighted by Crippen LogP contribution is -2.45. The Morgan fingerprint density at radius 3 is 2.00 bits per heavy atom. The summed E-state index contributed by atoms with van der Waals surface area (Å²) in [5.41, 5.74) is 0. The maximum Gasteiger partial charge on any atom is 0.406 e. The Balaban J connectivity index is 4.62. The molecule has 0 aromatic heterocycles. The van der Waals surface area contributed by atoms with E-state index in [1.54, 1.807) is 0 Å². The van der Waals surface area contributed by atoms with E-state index in [1.807, 2.05) is 0 Å². The minimum atomic E-state index is -4.48. The lowest BCUT2D eigenvalue weighted by molar-refractivity contribution is -0.165. The van der Waals surface area contributed by atoms with Crippen molar-refractivity contribution in [3.8, 4) is 0 Å². The standard InChI is InChI=1S/C7H9F3INO2/c1-4(2)12(3-7(8,9)10)6(14)5(11)13/h4H,3H2,1-2H3. The second-order valence-electron chi connectivity index (χ2n) is 2.92. The molecule has 0 aliphatic rings. The highest BCUT2D eigenvalue weighted by Crippen LogP contribution is 2.18. The molecule has 0 aliphatic carbocycles. The van der Waals surface area contributed by atoms with Gasteiger partial charge < -0.3 is 4.90 Å². The maximum absolute atomic E-state index is 12.0. The molecule has 0 bridgehead atoms. The molecular weight excluding hydrogens is 314 g/mol. The molecule has 0 atom stereocenters. The first-order chi connectivity index (χ1) is 6.15. The van der Waals surface area contributed by atoms with Crippen molar-refractivity contribution in [3.63, 3.8) is 0 Å². The molecule has 3 nitrogen and oxygen atoms in total. The SMILES string of the molecule is CC(C)N(CC(F)(F)F)C(=O)C(=O)I. The number of nitrogens with zero attached hydrogens (tertiary/aromatic N) is 1. The normalized spacial score (nSPS) is 11.6.